The van der Waals surface area contributed by atoms with Gasteiger partial charge in [-0.2, -0.15) is 0 Å². The second-order valence-corrected chi connectivity index (χ2v) is 9.00. The van der Waals surface area contributed by atoms with E-state index < -0.39 is 11.5 Å². The van der Waals surface area contributed by atoms with E-state index in [0.717, 1.165) is 5.56 Å². The number of methoxy groups -OCH3 is 1. The van der Waals surface area contributed by atoms with E-state index in [1.165, 1.54) is 11.7 Å². The Labute approximate surface area is 186 Å². The number of nitrogens with zero attached hydrogens (tertiary/aromatic N) is 1. The number of ketones is 1. The Bertz CT molecular complexity index is 1270. The molecule has 6 nitrogen and oxygen atoms in total. The van der Waals surface area contributed by atoms with Crippen LogP contribution < -0.4 is 15.6 Å². The molecule has 32 heavy (non-hydrogen) atoms. The summed E-state index contributed by atoms with van der Waals surface area (Å²) in [5.41, 5.74) is 2.24. The molecule has 0 bridgehead atoms. The summed E-state index contributed by atoms with van der Waals surface area (Å²) in [5, 5.41) is 2.81. The predicted octanol–water partition coefficient (Wildman–Crippen LogP) is 4.56. The molecule has 4 rings (SSSR count). The van der Waals surface area contributed by atoms with E-state index in [4.69, 9.17) is 4.74 Å². The Morgan fingerprint density at radius 2 is 1.72 bits per heavy atom. The molecule has 3 aromatic rings. The van der Waals surface area contributed by atoms with E-state index in [0.29, 0.717) is 41.1 Å². The van der Waals surface area contributed by atoms with Crippen molar-refractivity contribution in [1.29, 1.82) is 0 Å². The van der Waals surface area contributed by atoms with E-state index in [1.807, 2.05) is 45.0 Å². The fourth-order valence-corrected chi connectivity index (χ4v) is 4.21. The highest BCUT2D eigenvalue weighted by Gasteiger charge is 2.36. The molecule has 1 N–H and O–H groups in total. The zero-order chi connectivity index (χ0) is 23.0. The van der Waals surface area contributed by atoms with Gasteiger partial charge in [-0.05, 0) is 48.6 Å². The maximum absolute atomic E-state index is 13.6. The molecule has 0 radical (unpaired) electrons. The first-order chi connectivity index (χ1) is 15.2. The van der Waals surface area contributed by atoms with Gasteiger partial charge < -0.3 is 10.1 Å². The number of anilines is 1. The highest BCUT2D eigenvalue weighted by atomic mass is 16.5. The Hall–Kier alpha value is -3.67. The molecule has 0 unspecified atom stereocenters. The summed E-state index contributed by atoms with van der Waals surface area (Å²) in [6, 6.07) is 14.4. The lowest BCUT2D eigenvalue weighted by Gasteiger charge is -2.31. The molecule has 0 aliphatic heterocycles. The zero-order valence-electron chi connectivity index (χ0n) is 18.7. The fourth-order valence-electron chi connectivity index (χ4n) is 4.21. The number of pyridine rings is 1. The molecular formula is C26H26N2O4. The Morgan fingerprint density at radius 3 is 2.41 bits per heavy atom. The summed E-state index contributed by atoms with van der Waals surface area (Å²) in [6.45, 7) is 5.90. The van der Waals surface area contributed by atoms with Crippen LogP contribution in [0.1, 0.15) is 52.1 Å². The topological polar surface area (TPSA) is 77.4 Å². The lowest BCUT2D eigenvalue weighted by Crippen LogP contribution is -2.37. The second kappa shape index (κ2) is 8.11. The summed E-state index contributed by atoms with van der Waals surface area (Å²) in [7, 11) is 1.51. The van der Waals surface area contributed by atoms with Crippen molar-refractivity contribution in [1.82, 2.24) is 4.57 Å². The number of nitrogens with one attached hydrogen (secondary N) is 1. The normalized spacial score (nSPS) is 14.6. The van der Waals surface area contributed by atoms with Crippen LogP contribution in [-0.4, -0.2) is 23.4 Å². The molecule has 0 fully saturated rings. The van der Waals surface area contributed by atoms with Gasteiger partial charge in [0.1, 0.15) is 11.3 Å². The summed E-state index contributed by atoms with van der Waals surface area (Å²) >= 11 is 0. The number of para-hydroxylation sites is 2. The number of hydrogen-bond acceptors (Lipinski definition) is 4. The predicted molar refractivity (Wildman–Crippen MR) is 124 cm³/mol. The Balaban J connectivity index is 1.91. The minimum absolute atomic E-state index is 0.00453. The smallest absolute Gasteiger partial charge is 0.268 e. The number of amides is 1. The van der Waals surface area contributed by atoms with Crippen LogP contribution in [0.25, 0.3) is 5.69 Å². The average Bonchev–Trinajstić information content (AvgIpc) is 2.74. The van der Waals surface area contributed by atoms with E-state index in [1.54, 1.807) is 30.5 Å². The van der Waals surface area contributed by atoms with Crippen LogP contribution in [0, 0.1) is 12.3 Å². The van der Waals surface area contributed by atoms with Gasteiger partial charge in [0.25, 0.3) is 11.5 Å². The summed E-state index contributed by atoms with van der Waals surface area (Å²) in [6.07, 6.45) is 2.41. The highest BCUT2D eigenvalue weighted by Crippen LogP contribution is 2.36. The number of carbonyl (C=O) groups excluding carboxylic acids is 2. The molecule has 2 aromatic carbocycles. The quantitative estimate of drug-likeness (QED) is 0.658. The lowest BCUT2D eigenvalue weighted by atomic mass is 9.73. The third-order valence-electron chi connectivity index (χ3n) is 5.81. The number of carbonyl (C=O) groups is 2. The zero-order valence-corrected chi connectivity index (χ0v) is 18.7. The van der Waals surface area contributed by atoms with E-state index in [9.17, 15) is 14.4 Å². The van der Waals surface area contributed by atoms with Crippen LogP contribution in [0.15, 0.2) is 59.5 Å². The molecule has 1 amide bonds. The van der Waals surface area contributed by atoms with Gasteiger partial charge in [-0.1, -0.05) is 43.7 Å². The molecule has 1 aliphatic carbocycles. The Morgan fingerprint density at radius 1 is 1.03 bits per heavy atom. The SMILES string of the molecule is COc1ccccc1NC(=O)c1c2c(cn(-c3ccc(C)cc3)c1=O)C(=O)CC(C)(C)C2. The minimum atomic E-state index is -0.553. The third-order valence-corrected chi connectivity index (χ3v) is 5.81. The van der Waals surface area contributed by atoms with E-state index >= 15 is 0 Å². The Kier molecular flexibility index (Phi) is 5.46. The van der Waals surface area contributed by atoms with Gasteiger partial charge in [-0.15, -0.1) is 0 Å². The van der Waals surface area contributed by atoms with Gasteiger partial charge in [-0.3, -0.25) is 19.0 Å². The van der Waals surface area contributed by atoms with Crippen molar-refractivity contribution in [2.45, 2.75) is 33.6 Å². The van der Waals surface area contributed by atoms with Gasteiger partial charge in [0.15, 0.2) is 5.78 Å². The standard InChI is InChI=1S/C26H26N2O4/c1-16-9-11-17(12-10-16)28-15-19-18(13-26(2,3)14-21(19)29)23(25(28)31)24(30)27-20-7-5-6-8-22(20)32-4/h5-12,15H,13-14H2,1-4H3,(H,27,30). The van der Waals surface area contributed by atoms with Gasteiger partial charge in [-0.25, -0.2) is 0 Å². The summed E-state index contributed by atoms with van der Waals surface area (Å²) in [4.78, 5) is 40.0. The van der Waals surface area contributed by atoms with Crippen LogP contribution in [0.5, 0.6) is 5.75 Å². The first-order valence-electron chi connectivity index (χ1n) is 10.5. The van der Waals surface area contributed by atoms with E-state index in [2.05, 4.69) is 5.32 Å². The van der Waals surface area contributed by atoms with Crippen molar-refractivity contribution in [2.75, 3.05) is 12.4 Å². The molecule has 164 valence electrons. The molecule has 0 saturated heterocycles. The van der Waals surface area contributed by atoms with Crippen LogP contribution in [0.2, 0.25) is 0 Å². The minimum Gasteiger partial charge on any atom is -0.495 e. The number of ether oxygens (including phenoxy) is 1. The third kappa shape index (κ3) is 3.96. The van der Waals surface area contributed by atoms with Crippen LogP contribution in [0.4, 0.5) is 5.69 Å². The molecule has 6 heteroatoms. The molecular weight excluding hydrogens is 404 g/mol. The van der Waals surface area contributed by atoms with Crippen molar-refractivity contribution in [3.8, 4) is 11.4 Å². The number of benzene rings is 2. The van der Waals surface area contributed by atoms with Crippen molar-refractivity contribution in [3.05, 3.63) is 87.3 Å². The van der Waals surface area contributed by atoms with Crippen LogP contribution in [0.3, 0.4) is 0 Å². The molecule has 1 aromatic heterocycles. The lowest BCUT2D eigenvalue weighted by molar-refractivity contribution is 0.0910. The second-order valence-electron chi connectivity index (χ2n) is 9.00. The number of aromatic nitrogens is 1. The van der Waals surface area contributed by atoms with Crippen molar-refractivity contribution >= 4 is 17.4 Å². The summed E-state index contributed by atoms with van der Waals surface area (Å²) in [5.74, 6) is -0.132. The highest BCUT2D eigenvalue weighted by molar-refractivity contribution is 6.09. The molecule has 0 spiro atoms. The van der Waals surface area contributed by atoms with Gasteiger partial charge in [0, 0.05) is 23.9 Å². The van der Waals surface area contributed by atoms with Gasteiger partial charge in [0.2, 0.25) is 0 Å². The van der Waals surface area contributed by atoms with Gasteiger partial charge in [0.05, 0.1) is 12.8 Å². The number of aryl methyl sites for hydroxylation is 1. The van der Waals surface area contributed by atoms with Crippen LogP contribution in [-0.2, 0) is 6.42 Å². The maximum Gasteiger partial charge on any atom is 0.268 e. The van der Waals surface area contributed by atoms with Crippen molar-refractivity contribution in [2.24, 2.45) is 5.41 Å². The number of Topliss-reactive ketones (excluding diaryl/α,β-unsaturated/α-hetero) is 1. The molecule has 1 heterocycles. The van der Waals surface area contributed by atoms with Crippen LogP contribution >= 0.6 is 0 Å². The number of fused-ring (bicyclic) bond motifs is 1. The average molecular weight is 431 g/mol. The number of hydrogen-bond donors (Lipinski definition) is 1. The first-order valence-corrected chi connectivity index (χ1v) is 10.5. The van der Waals surface area contributed by atoms with Gasteiger partial charge >= 0.3 is 0 Å². The maximum atomic E-state index is 13.6. The fraction of sp³-hybridized carbons (Fsp3) is 0.269. The molecule has 0 saturated carbocycles. The first kappa shape index (κ1) is 21.6. The summed E-state index contributed by atoms with van der Waals surface area (Å²) < 4.78 is 6.72. The van der Waals surface area contributed by atoms with Crippen molar-refractivity contribution in [3.63, 3.8) is 0 Å². The monoisotopic (exact) mass is 430 g/mol. The molecule has 1 aliphatic rings. The van der Waals surface area contributed by atoms with Crippen molar-refractivity contribution < 1.29 is 14.3 Å². The van der Waals surface area contributed by atoms with E-state index in [-0.39, 0.29) is 16.8 Å². The largest absolute Gasteiger partial charge is 0.495 e. The molecule has 0 atom stereocenters. The number of rotatable bonds is 4.